The third-order valence-electron chi connectivity index (χ3n) is 12.0. The van der Waals surface area contributed by atoms with Gasteiger partial charge >= 0.3 is 0 Å². The van der Waals surface area contributed by atoms with Gasteiger partial charge in [-0.15, -0.1) is 0 Å². The van der Waals surface area contributed by atoms with Gasteiger partial charge in [-0.2, -0.15) is 0 Å². The van der Waals surface area contributed by atoms with E-state index in [2.05, 4.69) is 48.0 Å². The zero-order chi connectivity index (χ0) is 37.8. The van der Waals surface area contributed by atoms with Gasteiger partial charge in [0.1, 0.15) is 24.9 Å². The SMILES string of the molecule is CC(C)C(C(=O)N1CC[C@@H](O)C1)c1cc(OCCN2CCN(C3CCCC[C@@H]3OCCOc3ccc(C(=O)NC4C(C)(C)CC4(C)C)cc3)CC2)no1. The Labute approximate surface area is 315 Å². The lowest BCUT2D eigenvalue weighted by Gasteiger charge is -2.57. The molecule has 4 fully saturated rings. The molecule has 2 saturated carbocycles. The van der Waals surface area contributed by atoms with E-state index in [1.165, 1.54) is 12.8 Å². The first kappa shape index (κ1) is 39.5. The van der Waals surface area contributed by atoms with Gasteiger partial charge in [-0.25, -0.2) is 0 Å². The lowest BCUT2D eigenvalue weighted by Crippen LogP contribution is -2.63. The fraction of sp³-hybridized carbons (Fsp3) is 0.732. The number of carbonyl (C=O) groups is 2. The molecule has 3 heterocycles. The van der Waals surface area contributed by atoms with Crippen molar-refractivity contribution in [2.75, 3.05) is 65.6 Å². The highest BCUT2D eigenvalue weighted by Crippen LogP contribution is 2.53. The van der Waals surface area contributed by atoms with Gasteiger partial charge in [0.25, 0.3) is 11.8 Å². The van der Waals surface area contributed by atoms with Gasteiger partial charge in [-0.1, -0.05) is 54.4 Å². The number of aliphatic hydroxyl groups is 1. The molecular weight excluding hydrogens is 674 g/mol. The molecule has 1 aromatic heterocycles. The van der Waals surface area contributed by atoms with Gasteiger partial charge < -0.3 is 34.1 Å². The first-order valence-electron chi connectivity index (χ1n) is 20.0. The molecule has 2 aliphatic carbocycles. The fourth-order valence-corrected chi connectivity index (χ4v) is 9.62. The Kier molecular flexibility index (Phi) is 12.7. The number of benzene rings is 1. The normalized spacial score (nSPS) is 25.6. The molecule has 12 nitrogen and oxygen atoms in total. The number of nitrogens with zero attached hydrogens (tertiary/aromatic N) is 4. The molecule has 2 aromatic rings. The van der Waals surface area contributed by atoms with E-state index in [-0.39, 0.29) is 40.7 Å². The van der Waals surface area contributed by atoms with Gasteiger partial charge in [-0.3, -0.25) is 19.4 Å². The molecule has 2 N–H and O–H groups in total. The highest BCUT2D eigenvalue weighted by Gasteiger charge is 2.53. The number of piperazine rings is 1. The Morgan fingerprint density at radius 3 is 2.32 bits per heavy atom. The van der Waals surface area contributed by atoms with E-state index in [1.54, 1.807) is 11.0 Å². The molecule has 6 rings (SSSR count). The molecule has 1 aromatic carbocycles. The molecule has 2 saturated heterocycles. The van der Waals surface area contributed by atoms with Crippen LogP contribution in [-0.2, 0) is 9.53 Å². The number of nitrogens with one attached hydrogen (secondary N) is 1. The average molecular weight is 738 g/mol. The lowest BCUT2D eigenvalue weighted by molar-refractivity contribution is -0.133. The van der Waals surface area contributed by atoms with Crippen molar-refractivity contribution in [3.63, 3.8) is 0 Å². The Morgan fingerprint density at radius 1 is 0.943 bits per heavy atom. The van der Waals surface area contributed by atoms with Crippen LogP contribution < -0.4 is 14.8 Å². The Morgan fingerprint density at radius 2 is 1.66 bits per heavy atom. The van der Waals surface area contributed by atoms with Crippen molar-refractivity contribution in [1.82, 2.24) is 25.2 Å². The zero-order valence-electron chi connectivity index (χ0n) is 32.9. The number of carbonyl (C=O) groups excluding carboxylic acids is 2. The molecule has 2 aliphatic heterocycles. The summed E-state index contributed by atoms with van der Waals surface area (Å²) in [6, 6.07) is 9.74. The van der Waals surface area contributed by atoms with Crippen LogP contribution in [0.15, 0.2) is 34.9 Å². The maximum Gasteiger partial charge on any atom is 0.254 e. The van der Waals surface area contributed by atoms with Crippen LogP contribution in [0.1, 0.15) is 102 Å². The molecule has 53 heavy (non-hydrogen) atoms. The van der Waals surface area contributed by atoms with Crippen LogP contribution in [0.4, 0.5) is 0 Å². The van der Waals surface area contributed by atoms with Gasteiger partial charge in [0.2, 0.25) is 5.91 Å². The van der Waals surface area contributed by atoms with Crippen LogP contribution in [0.25, 0.3) is 0 Å². The monoisotopic (exact) mass is 737 g/mol. The van der Waals surface area contributed by atoms with Crippen molar-refractivity contribution in [1.29, 1.82) is 0 Å². The molecule has 2 unspecified atom stereocenters. The molecule has 4 aliphatic rings. The van der Waals surface area contributed by atoms with Crippen molar-refractivity contribution in [3.05, 3.63) is 41.7 Å². The molecule has 0 bridgehead atoms. The maximum atomic E-state index is 13.2. The van der Waals surface area contributed by atoms with E-state index in [4.69, 9.17) is 18.7 Å². The minimum absolute atomic E-state index is 0.0300. The van der Waals surface area contributed by atoms with E-state index in [1.807, 2.05) is 38.1 Å². The standard InChI is InChI=1S/C41H63N5O7/c1-28(2)36(38(49)46-16-15-30(47)26-46)34-25-35(43-53-34)52-22-21-44-17-19-45(20-18-44)32-9-7-8-10-33(32)51-24-23-50-31-13-11-29(12-14-31)37(48)42-39-40(3,4)27-41(39,5)6/h11-14,25,28,30,32-33,36,39,47H,7-10,15-24,26-27H2,1-6H3,(H,42,48)/t30-,32?,33+,36?/m1/s1. The zero-order valence-corrected chi connectivity index (χ0v) is 32.9. The molecule has 0 radical (unpaired) electrons. The number of ether oxygens (including phenoxy) is 3. The Hall–Kier alpha value is -3.19. The van der Waals surface area contributed by atoms with Crippen molar-refractivity contribution in [3.8, 4) is 11.6 Å². The van der Waals surface area contributed by atoms with E-state index < -0.39 is 12.0 Å². The largest absolute Gasteiger partial charge is 0.491 e. The summed E-state index contributed by atoms with van der Waals surface area (Å²) >= 11 is 0. The van der Waals surface area contributed by atoms with Crippen LogP contribution >= 0.6 is 0 Å². The first-order valence-corrected chi connectivity index (χ1v) is 20.0. The van der Waals surface area contributed by atoms with Gasteiger partial charge in [0, 0.05) is 69.5 Å². The van der Waals surface area contributed by atoms with E-state index >= 15 is 0 Å². The molecule has 294 valence electrons. The molecule has 4 atom stereocenters. The van der Waals surface area contributed by atoms with Crippen LogP contribution in [0.2, 0.25) is 0 Å². The van der Waals surface area contributed by atoms with Crippen molar-refractivity contribution < 1.29 is 33.4 Å². The van der Waals surface area contributed by atoms with E-state index in [9.17, 15) is 14.7 Å². The fourth-order valence-electron chi connectivity index (χ4n) is 9.62. The second-order valence-corrected chi connectivity index (χ2v) is 17.4. The summed E-state index contributed by atoms with van der Waals surface area (Å²) in [7, 11) is 0. The summed E-state index contributed by atoms with van der Waals surface area (Å²) in [6.45, 7) is 20.0. The number of β-amino-alcohol motifs (C(OH)–C–C–N with tert-alkyl or cyclic N) is 1. The number of aliphatic hydroxyl groups excluding tert-OH is 1. The maximum absolute atomic E-state index is 13.2. The second kappa shape index (κ2) is 17.1. The predicted molar refractivity (Wildman–Crippen MR) is 202 cm³/mol. The van der Waals surface area contributed by atoms with E-state index in [0.717, 1.165) is 57.7 Å². The summed E-state index contributed by atoms with van der Waals surface area (Å²) in [4.78, 5) is 32.9. The lowest BCUT2D eigenvalue weighted by atomic mass is 9.52. The Balaban J connectivity index is 0.885. The van der Waals surface area contributed by atoms with E-state index in [0.29, 0.717) is 62.6 Å². The van der Waals surface area contributed by atoms with Crippen LogP contribution in [-0.4, -0.2) is 127 Å². The number of hydrogen-bond acceptors (Lipinski definition) is 10. The number of rotatable bonds is 15. The highest BCUT2D eigenvalue weighted by atomic mass is 16.5. The summed E-state index contributed by atoms with van der Waals surface area (Å²) in [5.74, 6) is 1.18. The molecule has 2 amide bonds. The Bertz CT molecular complexity index is 1490. The summed E-state index contributed by atoms with van der Waals surface area (Å²) in [6.07, 6.45) is 6.09. The van der Waals surface area contributed by atoms with Gasteiger partial charge in [0.05, 0.1) is 18.8 Å². The second-order valence-electron chi connectivity index (χ2n) is 17.4. The molecule has 0 spiro atoms. The number of likely N-dealkylation sites (tertiary alicyclic amines) is 1. The predicted octanol–water partition coefficient (Wildman–Crippen LogP) is 4.97. The molecule has 12 heteroatoms. The minimum atomic E-state index is -0.457. The quantitative estimate of drug-likeness (QED) is 0.242. The number of aromatic nitrogens is 1. The van der Waals surface area contributed by atoms with Gasteiger partial charge in [0.15, 0.2) is 5.76 Å². The summed E-state index contributed by atoms with van der Waals surface area (Å²) < 4.78 is 24.0. The minimum Gasteiger partial charge on any atom is -0.491 e. The first-order chi connectivity index (χ1) is 25.3. The third-order valence-corrected chi connectivity index (χ3v) is 12.0. The topological polar surface area (TPSA) is 130 Å². The van der Waals surface area contributed by atoms with Gasteiger partial charge in [-0.05, 0) is 71.9 Å². The highest BCUT2D eigenvalue weighted by molar-refractivity contribution is 5.94. The smallest absolute Gasteiger partial charge is 0.254 e. The number of amides is 2. The summed E-state index contributed by atoms with van der Waals surface area (Å²) in [5.41, 5.74) is 0.872. The van der Waals surface area contributed by atoms with Crippen molar-refractivity contribution in [2.24, 2.45) is 16.7 Å². The third kappa shape index (κ3) is 9.74. The number of hydrogen-bond donors (Lipinski definition) is 2. The van der Waals surface area contributed by atoms with Crippen LogP contribution in [0, 0.1) is 16.7 Å². The molecular formula is C41H63N5O7. The van der Waals surface area contributed by atoms with Crippen LogP contribution in [0.3, 0.4) is 0 Å². The average Bonchev–Trinajstić information content (AvgIpc) is 3.78. The summed E-state index contributed by atoms with van der Waals surface area (Å²) in [5, 5.41) is 17.3. The van der Waals surface area contributed by atoms with Crippen LogP contribution in [0.5, 0.6) is 11.6 Å². The van der Waals surface area contributed by atoms with Crippen molar-refractivity contribution >= 4 is 11.8 Å². The van der Waals surface area contributed by atoms with Crippen molar-refractivity contribution in [2.45, 2.75) is 110 Å².